The molecule has 0 radical (unpaired) electrons. The molecule has 0 saturated heterocycles. The first-order valence-corrected chi connectivity index (χ1v) is 7.69. The fraction of sp³-hybridized carbons (Fsp3) is 0.286. The van der Waals surface area contributed by atoms with E-state index in [2.05, 4.69) is 55.3 Å². The third kappa shape index (κ3) is 3.30. The van der Waals surface area contributed by atoms with Crippen molar-refractivity contribution in [3.05, 3.63) is 44.9 Å². The van der Waals surface area contributed by atoms with Crippen LogP contribution in [-0.4, -0.2) is 15.8 Å². The molecule has 0 saturated carbocycles. The molecular weight excluding hydrogens is 388 g/mol. The molecule has 0 spiro atoms. The van der Waals surface area contributed by atoms with Gasteiger partial charge in [-0.1, -0.05) is 0 Å². The predicted molar refractivity (Wildman–Crippen MR) is 84.2 cm³/mol. The summed E-state index contributed by atoms with van der Waals surface area (Å²) in [6, 6.07) is 3.79. The summed E-state index contributed by atoms with van der Waals surface area (Å²) < 4.78 is 9.37. The molecule has 0 aliphatic carbocycles. The highest BCUT2D eigenvalue weighted by atomic mass is 79.9. The molecule has 0 unspecified atom stereocenters. The van der Waals surface area contributed by atoms with E-state index >= 15 is 0 Å². The fourth-order valence-electron chi connectivity index (χ4n) is 1.84. The number of ether oxygens (including phenoxy) is 1. The second-order valence-electron chi connectivity index (χ2n) is 4.61. The van der Waals surface area contributed by atoms with E-state index in [1.165, 1.54) is 0 Å². The first kappa shape index (κ1) is 15.3. The van der Waals surface area contributed by atoms with Gasteiger partial charge in [-0.3, -0.25) is 4.79 Å². The van der Waals surface area contributed by atoms with E-state index < -0.39 is 0 Å². The van der Waals surface area contributed by atoms with Crippen LogP contribution in [0.2, 0.25) is 0 Å². The molecule has 2 aromatic rings. The van der Waals surface area contributed by atoms with Crippen LogP contribution in [0, 0.1) is 0 Å². The number of benzene rings is 1. The average Bonchev–Trinajstić information content (AvgIpc) is 2.86. The number of hydrogen-bond acceptors (Lipinski definition) is 3. The molecule has 0 N–H and O–H groups in total. The maximum absolute atomic E-state index is 10.8. The molecule has 20 heavy (non-hydrogen) atoms. The SMILES string of the molecule is CC(C)n1cncc1COc1c(Br)cc(C=O)cc1Br. The number of nitrogens with zero attached hydrogens (tertiary/aromatic N) is 2. The summed E-state index contributed by atoms with van der Waals surface area (Å²) in [7, 11) is 0. The predicted octanol–water partition coefficient (Wildman–Crippen LogP) is 4.38. The molecular formula is C14H14Br2N2O2. The fourth-order valence-corrected chi connectivity index (χ4v) is 3.29. The zero-order valence-corrected chi connectivity index (χ0v) is 14.3. The third-order valence-corrected chi connectivity index (χ3v) is 4.00. The topological polar surface area (TPSA) is 44.1 Å². The van der Waals surface area contributed by atoms with Gasteiger partial charge in [-0.15, -0.1) is 0 Å². The maximum Gasteiger partial charge on any atom is 0.150 e. The molecule has 2 rings (SSSR count). The van der Waals surface area contributed by atoms with Crippen LogP contribution in [0.1, 0.15) is 35.9 Å². The van der Waals surface area contributed by atoms with Crippen LogP contribution in [0.15, 0.2) is 33.6 Å². The normalized spacial score (nSPS) is 10.8. The third-order valence-electron chi connectivity index (χ3n) is 2.82. The summed E-state index contributed by atoms with van der Waals surface area (Å²) in [6.45, 7) is 4.60. The quantitative estimate of drug-likeness (QED) is 0.698. The van der Waals surface area contributed by atoms with Crippen molar-refractivity contribution in [2.24, 2.45) is 0 Å². The highest BCUT2D eigenvalue weighted by Crippen LogP contribution is 2.35. The molecule has 4 nitrogen and oxygen atoms in total. The van der Waals surface area contributed by atoms with Gasteiger partial charge in [-0.2, -0.15) is 0 Å². The summed E-state index contributed by atoms with van der Waals surface area (Å²) in [5.74, 6) is 0.673. The van der Waals surface area contributed by atoms with E-state index in [4.69, 9.17) is 4.74 Å². The highest BCUT2D eigenvalue weighted by Gasteiger charge is 2.11. The number of aldehydes is 1. The van der Waals surface area contributed by atoms with Crippen molar-refractivity contribution in [3.63, 3.8) is 0 Å². The molecule has 0 aliphatic heterocycles. The van der Waals surface area contributed by atoms with Crippen molar-refractivity contribution in [1.82, 2.24) is 9.55 Å². The second-order valence-corrected chi connectivity index (χ2v) is 6.31. The van der Waals surface area contributed by atoms with Crippen LogP contribution in [0.3, 0.4) is 0 Å². The van der Waals surface area contributed by atoms with Crippen molar-refractivity contribution in [1.29, 1.82) is 0 Å². The van der Waals surface area contributed by atoms with E-state index in [0.29, 0.717) is 24.0 Å². The standard InChI is InChI=1S/C14H14Br2N2O2/c1-9(2)18-8-17-5-11(18)7-20-14-12(15)3-10(6-19)4-13(14)16/h3-6,8-9H,7H2,1-2H3. The lowest BCUT2D eigenvalue weighted by molar-refractivity contribution is 0.112. The lowest BCUT2D eigenvalue weighted by Gasteiger charge is -2.14. The largest absolute Gasteiger partial charge is 0.485 e. The smallest absolute Gasteiger partial charge is 0.150 e. The molecule has 1 heterocycles. The molecule has 0 amide bonds. The minimum Gasteiger partial charge on any atom is -0.485 e. The van der Waals surface area contributed by atoms with Gasteiger partial charge in [-0.25, -0.2) is 4.98 Å². The number of rotatable bonds is 5. The minimum atomic E-state index is 0.334. The zero-order chi connectivity index (χ0) is 14.7. The van der Waals surface area contributed by atoms with Gasteiger partial charge in [-0.05, 0) is 57.8 Å². The summed E-state index contributed by atoms with van der Waals surface area (Å²) >= 11 is 6.83. The first-order valence-electron chi connectivity index (χ1n) is 6.10. The number of imidazole rings is 1. The van der Waals surface area contributed by atoms with Gasteiger partial charge in [0, 0.05) is 11.6 Å². The molecule has 0 fully saturated rings. The monoisotopic (exact) mass is 400 g/mol. The Morgan fingerprint density at radius 1 is 1.35 bits per heavy atom. The van der Waals surface area contributed by atoms with Gasteiger partial charge in [0.25, 0.3) is 0 Å². The van der Waals surface area contributed by atoms with Crippen molar-refractivity contribution in [2.45, 2.75) is 26.5 Å². The molecule has 1 aromatic carbocycles. The number of hydrogen-bond donors (Lipinski definition) is 0. The number of carbonyl (C=O) groups is 1. The highest BCUT2D eigenvalue weighted by molar-refractivity contribution is 9.11. The Labute approximate surface area is 134 Å². The Morgan fingerprint density at radius 3 is 2.55 bits per heavy atom. The maximum atomic E-state index is 10.8. The molecule has 1 aromatic heterocycles. The van der Waals surface area contributed by atoms with Crippen molar-refractivity contribution in [2.75, 3.05) is 0 Å². The van der Waals surface area contributed by atoms with E-state index in [0.717, 1.165) is 20.9 Å². The first-order chi connectivity index (χ1) is 9.52. The molecule has 0 bridgehead atoms. The lowest BCUT2D eigenvalue weighted by atomic mass is 10.2. The van der Waals surface area contributed by atoms with Gasteiger partial charge >= 0.3 is 0 Å². The van der Waals surface area contributed by atoms with Crippen LogP contribution in [0.25, 0.3) is 0 Å². The summed E-state index contributed by atoms with van der Waals surface area (Å²) in [4.78, 5) is 14.9. The average molecular weight is 402 g/mol. The van der Waals surface area contributed by atoms with Crippen molar-refractivity contribution in [3.8, 4) is 5.75 Å². The van der Waals surface area contributed by atoms with Crippen LogP contribution >= 0.6 is 31.9 Å². The molecule has 0 atom stereocenters. The summed E-state index contributed by atoms with van der Waals surface area (Å²) in [5.41, 5.74) is 1.58. The van der Waals surface area contributed by atoms with E-state index in [-0.39, 0.29) is 0 Å². The Balaban J connectivity index is 2.19. The zero-order valence-electron chi connectivity index (χ0n) is 11.1. The Morgan fingerprint density at radius 2 is 2.00 bits per heavy atom. The minimum absolute atomic E-state index is 0.334. The van der Waals surface area contributed by atoms with Crippen LogP contribution in [0.4, 0.5) is 0 Å². The van der Waals surface area contributed by atoms with Crippen LogP contribution < -0.4 is 4.74 Å². The molecule has 106 valence electrons. The van der Waals surface area contributed by atoms with E-state index in [1.807, 2.05) is 0 Å². The Kier molecular flexibility index (Phi) is 4.99. The van der Waals surface area contributed by atoms with Gasteiger partial charge in [0.1, 0.15) is 18.6 Å². The van der Waals surface area contributed by atoms with Gasteiger partial charge < -0.3 is 9.30 Å². The van der Waals surface area contributed by atoms with Gasteiger partial charge in [0.05, 0.1) is 27.2 Å². The second kappa shape index (κ2) is 6.54. The Hall–Kier alpha value is -1.14. The summed E-state index contributed by atoms with van der Waals surface area (Å²) in [6.07, 6.45) is 4.39. The molecule has 0 aliphatic rings. The Bertz CT molecular complexity index is 600. The van der Waals surface area contributed by atoms with Crippen molar-refractivity contribution < 1.29 is 9.53 Å². The number of carbonyl (C=O) groups excluding carboxylic acids is 1. The number of aromatic nitrogens is 2. The number of halogens is 2. The summed E-state index contributed by atoms with van der Waals surface area (Å²) in [5, 5.41) is 0. The van der Waals surface area contributed by atoms with Crippen molar-refractivity contribution >= 4 is 38.1 Å². The molecule has 6 heteroatoms. The van der Waals surface area contributed by atoms with Crippen LogP contribution in [0.5, 0.6) is 5.75 Å². The van der Waals surface area contributed by atoms with E-state index in [1.54, 1.807) is 24.7 Å². The van der Waals surface area contributed by atoms with Gasteiger partial charge in [0.2, 0.25) is 0 Å². The van der Waals surface area contributed by atoms with E-state index in [9.17, 15) is 4.79 Å². The van der Waals surface area contributed by atoms with Gasteiger partial charge in [0.15, 0.2) is 0 Å². The lowest BCUT2D eigenvalue weighted by Crippen LogP contribution is -2.07. The van der Waals surface area contributed by atoms with Crippen LogP contribution in [-0.2, 0) is 6.61 Å².